The number of amides is 1. The first-order valence-corrected chi connectivity index (χ1v) is 9.87. The summed E-state index contributed by atoms with van der Waals surface area (Å²) in [6.07, 6.45) is -2.33. The highest BCUT2D eigenvalue weighted by Gasteiger charge is 2.37. The van der Waals surface area contributed by atoms with Crippen LogP contribution in [0.25, 0.3) is 5.65 Å². The Morgan fingerprint density at radius 2 is 2.00 bits per heavy atom. The Morgan fingerprint density at radius 3 is 2.67 bits per heavy atom. The number of aryl methyl sites for hydroxylation is 1. The third kappa shape index (κ3) is 3.66. The van der Waals surface area contributed by atoms with Gasteiger partial charge in [-0.15, -0.1) is 0 Å². The lowest BCUT2D eigenvalue weighted by Gasteiger charge is -2.33. The number of carbonyl (C=O) groups is 1. The van der Waals surface area contributed by atoms with Crippen LogP contribution in [0.5, 0.6) is 0 Å². The number of hydrogen-bond acceptors (Lipinski definition) is 5. The molecular formula is C20H22F3N5O2. The summed E-state index contributed by atoms with van der Waals surface area (Å²) in [4.78, 5) is 18.9. The quantitative estimate of drug-likeness (QED) is 0.621. The van der Waals surface area contributed by atoms with Gasteiger partial charge in [-0.2, -0.15) is 18.3 Å². The second kappa shape index (κ2) is 7.41. The lowest BCUT2D eigenvalue weighted by Crippen LogP contribution is -2.38. The molecule has 1 atom stereocenters. The van der Waals surface area contributed by atoms with Crippen molar-refractivity contribution < 1.29 is 22.5 Å². The summed E-state index contributed by atoms with van der Waals surface area (Å²) in [6.45, 7) is 5.86. The van der Waals surface area contributed by atoms with Crippen molar-refractivity contribution >= 4 is 11.6 Å². The second-order valence-electron chi connectivity index (χ2n) is 7.90. The molecule has 30 heavy (non-hydrogen) atoms. The van der Waals surface area contributed by atoms with E-state index in [1.54, 1.807) is 11.0 Å². The van der Waals surface area contributed by atoms with Crippen LogP contribution in [0.3, 0.4) is 0 Å². The molecule has 1 saturated heterocycles. The maximum absolute atomic E-state index is 13.5. The van der Waals surface area contributed by atoms with Crippen molar-refractivity contribution in [2.75, 3.05) is 6.54 Å². The van der Waals surface area contributed by atoms with Gasteiger partial charge in [-0.1, -0.05) is 19.0 Å². The largest absolute Gasteiger partial charge is 0.433 e. The van der Waals surface area contributed by atoms with E-state index in [2.05, 4.69) is 15.2 Å². The molecule has 1 aliphatic heterocycles. The molecule has 0 spiro atoms. The van der Waals surface area contributed by atoms with Gasteiger partial charge in [-0.25, -0.2) is 9.50 Å². The van der Waals surface area contributed by atoms with Gasteiger partial charge in [-0.05, 0) is 38.2 Å². The highest BCUT2D eigenvalue weighted by atomic mass is 19.4. The first-order valence-electron chi connectivity index (χ1n) is 9.87. The number of nitrogens with zero attached hydrogens (tertiary/aromatic N) is 5. The van der Waals surface area contributed by atoms with E-state index in [-0.39, 0.29) is 28.9 Å². The van der Waals surface area contributed by atoms with E-state index in [0.717, 1.165) is 23.4 Å². The van der Waals surface area contributed by atoms with Crippen LogP contribution in [0.2, 0.25) is 0 Å². The predicted molar refractivity (Wildman–Crippen MR) is 101 cm³/mol. The molecule has 0 saturated carbocycles. The molecule has 10 heteroatoms. The predicted octanol–water partition coefficient (Wildman–Crippen LogP) is 4.54. The molecule has 0 N–H and O–H groups in total. The van der Waals surface area contributed by atoms with Crippen molar-refractivity contribution in [1.29, 1.82) is 0 Å². The molecule has 3 aromatic rings. The highest BCUT2D eigenvalue weighted by molar-refractivity contribution is 5.91. The second-order valence-corrected chi connectivity index (χ2v) is 7.90. The topological polar surface area (TPSA) is 76.5 Å². The summed E-state index contributed by atoms with van der Waals surface area (Å²) in [7, 11) is 0. The number of alkyl halides is 3. The van der Waals surface area contributed by atoms with Crippen LogP contribution >= 0.6 is 0 Å². The van der Waals surface area contributed by atoms with Gasteiger partial charge >= 0.3 is 6.18 Å². The normalized spacial score (nSPS) is 17.8. The molecule has 1 amide bonds. The highest BCUT2D eigenvalue weighted by Crippen LogP contribution is 2.34. The van der Waals surface area contributed by atoms with Gasteiger partial charge in [0.25, 0.3) is 5.91 Å². The Morgan fingerprint density at radius 1 is 1.23 bits per heavy atom. The van der Waals surface area contributed by atoms with E-state index >= 15 is 0 Å². The molecule has 0 unspecified atom stereocenters. The number of fused-ring (bicyclic) bond motifs is 1. The van der Waals surface area contributed by atoms with Crippen LogP contribution in [0, 0.1) is 6.92 Å². The molecule has 7 nitrogen and oxygen atoms in total. The first-order chi connectivity index (χ1) is 14.1. The number of halogens is 3. The number of rotatable bonds is 3. The van der Waals surface area contributed by atoms with Gasteiger partial charge < -0.3 is 9.42 Å². The Bertz CT molecular complexity index is 1090. The fourth-order valence-corrected chi connectivity index (χ4v) is 3.77. The number of aromatic nitrogens is 4. The lowest BCUT2D eigenvalue weighted by atomic mass is 9.99. The van der Waals surface area contributed by atoms with Crippen LogP contribution in [-0.4, -0.2) is 37.1 Å². The fraction of sp³-hybridized carbons (Fsp3) is 0.500. The Kier molecular flexibility index (Phi) is 5.03. The number of carbonyl (C=O) groups excluding carboxylic acids is 1. The van der Waals surface area contributed by atoms with Gasteiger partial charge in [0.15, 0.2) is 5.65 Å². The van der Waals surface area contributed by atoms with Crippen molar-refractivity contribution in [3.05, 3.63) is 46.7 Å². The van der Waals surface area contributed by atoms with E-state index < -0.39 is 17.9 Å². The van der Waals surface area contributed by atoms with Crippen LogP contribution < -0.4 is 0 Å². The van der Waals surface area contributed by atoms with Gasteiger partial charge in [0, 0.05) is 24.4 Å². The zero-order valence-corrected chi connectivity index (χ0v) is 16.9. The van der Waals surface area contributed by atoms with Crippen LogP contribution in [0.15, 0.2) is 22.7 Å². The number of likely N-dealkylation sites (tertiary alicyclic amines) is 1. The monoisotopic (exact) mass is 421 g/mol. The van der Waals surface area contributed by atoms with Crippen LogP contribution in [-0.2, 0) is 6.18 Å². The third-order valence-electron chi connectivity index (χ3n) is 5.30. The van der Waals surface area contributed by atoms with Gasteiger partial charge in [0.1, 0.15) is 5.69 Å². The molecule has 0 aliphatic carbocycles. The Hall–Kier alpha value is -2.91. The molecule has 4 heterocycles. The standard InChI is InChI=1S/C20H22F3N5O2/c1-11(2)13-9-16(30-26-13)19(29)27-7-5-4-6-15(27)14-10-18-24-12(3)8-17(20(21,22)23)28(18)25-14/h8-11,15H,4-7H2,1-3H3/t15-/m0/s1. The molecule has 0 radical (unpaired) electrons. The van der Waals surface area contributed by atoms with E-state index in [9.17, 15) is 18.0 Å². The summed E-state index contributed by atoms with van der Waals surface area (Å²) >= 11 is 0. The van der Waals surface area contributed by atoms with Gasteiger partial charge in [0.05, 0.1) is 17.4 Å². The smallest absolute Gasteiger partial charge is 0.351 e. The van der Waals surface area contributed by atoms with E-state index in [1.807, 2.05) is 13.8 Å². The minimum atomic E-state index is -4.57. The molecule has 3 aromatic heterocycles. The molecular weight excluding hydrogens is 399 g/mol. The third-order valence-corrected chi connectivity index (χ3v) is 5.30. The summed E-state index contributed by atoms with van der Waals surface area (Å²) in [5.74, 6) is -0.100. The fourth-order valence-electron chi connectivity index (χ4n) is 3.77. The maximum atomic E-state index is 13.5. The maximum Gasteiger partial charge on any atom is 0.433 e. The van der Waals surface area contributed by atoms with Gasteiger partial charge in [-0.3, -0.25) is 4.79 Å². The molecule has 160 valence electrons. The first kappa shape index (κ1) is 20.4. The molecule has 4 rings (SSSR count). The average Bonchev–Trinajstić information content (AvgIpc) is 3.33. The Balaban J connectivity index is 1.72. The molecule has 0 bridgehead atoms. The average molecular weight is 421 g/mol. The van der Waals surface area contributed by atoms with Crippen molar-refractivity contribution in [1.82, 2.24) is 24.7 Å². The molecule has 0 aromatic carbocycles. The van der Waals surface area contributed by atoms with Crippen molar-refractivity contribution in [2.45, 2.75) is 58.2 Å². The van der Waals surface area contributed by atoms with Crippen molar-refractivity contribution in [3.63, 3.8) is 0 Å². The number of piperidine rings is 1. The van der Waals surface area contributed by atoms with E-state index in [1.165, 1.54) is 13.0 Å². The summed E-state index contributed by atoms with van der Waals surface area (Å²) < 4.78 is 46.5. The summed E-state index contributed by atoms with van der Waals surface area (Å²) in [6, 6.07) is 3.66. The Labute approximate surface area is 170 Å². The minimum absolute atomic E-state index is 0.108. The van der Waals surface area contributed by atoms with Crippen LogP contribution in [0.4, 0.5) is 13.2 Å². The van der Waals surface area contributed by atoms with E-state index in [4.69, 9.17) is 4.52 Å². The lowest BCUT2D eigenvalue weighted by molar-refractivity contribution is -0.142. The van der Waals surface area contributed by atoms with Crippen molar-refractivity contribution in [3.8, 4) is 0 Å². The van der Waals surface area contributed by atoms with Crippen molar-refractivity contribution in [2.24, 2.45) is 0 Å². The summed E-state index contributed by atoms with van der Waals surface area (Å²) in [5.41, 5.74) is 0.531. The van der Waals surface area contributed by atoms with E-state index in [0.29, 0.717) is 24.4 Å². The van der Waals surface area contributed by atoms with Crippen LogP contribution in [0.1, 0.15) is 78.4 Å². The van der Waals surface area contributed by atoms with Gasteiger partial charge in [0.2, 0.25) is 5.76 Å². The SMILES string of the molecule is Cc1cc(C(F)(F)F)n2nc([C@@H]3CCCCN3C(=O)c3cc(C(C)C)no3)cc2n1. The number of hydrogen-bond donors (Lipinski definition) is 0. The zero-order valence-electron chi connectivity index (χ0n) is 16.9. The molecule has 1 aliphatic rings. The zero-order chi connectivity index (χ0) is 21.6. The minimum Gasteiger partial charge on any atom is -0.351 e. The summed E-state index contributed by atoms with van der Waals surface area (Å²) in [5, 5.41) is 8.13. The molecule has 1 fully saturated rings.